The molecule has 0 saturated carbocycles. The fourth-order valence-corrected chi connectivity index (χ4v) is 2.01. The van der Waals surface area contributed by atoms with Crippen LogP contribution in [-0.2, 0) is 6.42 Å². The van der Waals surface area contributed by atoms with Crippen molar-refractivity contribution in [3.63, 3.8) is 0 Å². The lowest BCUT2D eigenvalue weighted by Crippen LogP contribution is -2.03. The maximum Gasteiger partial charge on any atom is 0.116 e. The Labute approximate surface area is 96.3 Å². The first-order valence-corrected chi connectivity index (χ1v) is 5.81. The van der Waals surface area contributed by atoms with E-state index in [2.05, 4.69) is 43.5 Å². The fraction of sp³-hybridized carbons (Fsp3) is 0.462. The van der Waals surface area contributed by atoms with E-state index in [0.29, 0.717) is 12.5 Å². The summed E-state index contributed by atoms with van der Waals surface area (Å²) in [5.74, 6) is 1.56. The number of nitrogens with two attached hydrogens (primary N) is 1. The van der Waals surface area contributed by atoms with Crippen molar-refractivity contribution in [2.45, 2.75) is 33.1 Å². The fourth-order valence-electron chi connectivity index (χ4n) is 2.01. The molecule has 0 aliphatic rings. The molecule has 0 aliphatic heterocycles. The molecule has 0 atom stereocenters. The van der Waals surface area contributed by atoms with E-state index in [-0.39, 0.29) is 0 Å². The standard InChI is InChI=1S/C13H19N3/c1-9(2)13-15-11(4-6-14)12-8-10(3)5-7-16(12)13/h5,7-9H,4,6,14H2,1-3H3. The summed E-state index contributed by atoms with van der Waals surface area (Å²) in [6, 6.07) is 4.30. The van der Waals surface area contributed by atoms with Crippen molar-refractivity contribution in [1.82, 2.24) is 9.38 Å². The maximum absolute atomic E-state index is 5.63. The molecule has 0 fully saturated rings. The van der Waals surface area contributed by atoms with Crippen LogP contribution < -0.4 is 5.73 Å². The second-order valence-corrected chi connectivity index (χ2v) is 4.57. The van der Waals surface area contributed by atoms with Crippen LogP contribution in [0.25, 0.3) is 5.52 Å². The molecular formula is C13H19N3. The summed E-state index contributed by atoms with van der Waals surface area (Å²) in [5.41, 5.74) is 9.21. The molecule has 0 saturated heterocycles. The largest absolute Gasteiger partial charge is 0.330 e. The van der Waals surface area contributed by atoms with Crippen LogP contribution in [0, 0.1) is 6.92 Å². The average molecular weight is 217 g/mol. The van der Waals surface area contributed by atoms with Crippen LogP contribution in [0.2, 0.25) is 0 Å². The van der Waals surface area contributed by atoms with Gasteiger partial charge in [0.2, 0.25) is 0 Å². The van der Waals surface area contributed by atoms with Crippen molar-refractivity contribution in [3.8, 4) is 0 Å². The molecule has 3 nitrogen and oxygen atoms in total. The zero-order chi connectivity index (χ0) is 11.7. The molecule has 0 bridgehead atoms. The average Bonchev–Trinajstić information content (AvgIpc) is 2.58. The molecule has 0 aromatic carbocycles. The molecular weight excluding hydrogens is 198 g/mol. The Bertz CT molecular complexity index is 497. The number of hydrogen-bond donors (Lipinski definition) is 1. The van der Waals surface area contributed by atoms with Gasteiger partial charge in [0.05, 0.1) is 11.2 Å². The summed E-state index contributed by atoms with van der Waals surface area (Å²) in [6.07, 6.45) is 2.95. The molecule has 3 heteroatoms. The van der Waals surface area contributed by atoms with E-state index in [1.165, 1.54) is 11.1 Å². The summed E-state index contributed by atoms with van der Waals surface area (Å²) < 4.78 is 2.18. The van der Waals surface area contributed by atoms with Gasteiger partial charge in [-0.1, -0.05) is 13.8 Å². The summed E-state index contributed by atoms with van der Waals surface area (Å²) in [4.78, 5) is 4.70. The first-order valence-electron chi connectivity index (χ1n) is 5.81. The number of aryl methyl sites for hydroxylation is 1. The lowest BCUT2D eigenvalue weighted by atomic mass is 10.2. The Balaban J connectivity index is 2.66. The molecule has 16 heavy (non-hydrogen) atoms. The number of hydrogen-bond acceptors (Lipinski definition) is 2. The van der Waals surface area contributed by atoms with E-state index in [1.54, 1.807) is 0 Å². The number of nitrogens with zero attached hydrogens (tertiary/aromatic N) is 2. The van der Waals surface area contributed by atoms with Crippen LogP contribution in [-0.4, -0.2) is 15.9 Å². The smallest absolute Gasteiger partial charge is 0.116 e. The minimum absolute atomic E-state index is 0.432. The molecule has 0 unspecified atom stereocenters. The molecule has 0 radical (unpaired) electrons. The number of rotatable bonds is 3. The first-order chi connectivity index (χ1) is 7.63. The van der Waals surface area contributed by atoms with Crippen LogP contribution in [0.5, 0.6) is 0 Å². The maximum atomic E-state index is 5.63. The van der Waals surface area contributed by atoms with Gasteiger partial charge >= 0.3 is 0 Å². The number of fused-ring (bicyclic) bond motifs is 1. The van der Waals surface area contributed by atoms with Crippen LogP contribution in [0.4, 0.5) is 0 Å². The van der Waals surface area contributed by atoms with Gasteiger partial charge in [-0.05, 0) is 31.2 Å². The SMILES string of the molecule is Cc1ccn2c(C(C)C)nc(CCN)c2c1. The molecule has 2 N–H and O–H groups in total. The van der Waals surface area contributed by atoms with Gasteiger partial charge in [-0.2, -0.15) is 0 Å². The predicted octanol–water partition coefficient (Wildman–Crippen LogP) is 2.27. The second-order valence-electron chi connectivity index (χ2n) is 4.57. The Kier molecular flexibility index (Phi) is 2.97. The molecule has 2 rings (SSSR count). The summed E-state index contributed by atoms with van der Waals surface area (Å²) in [6.45, 7) is 7.09. The monoisotopic (exact) mass is 217 g/mol. The van der Waals surface area contributed by atoms with Crippen molar-refractivity contribution >= 4 is 5.52 Å². The number of imidazole rings is 1. The third-order valence-corrected chi connectivity index (χ3v) is 2.80. The normalized spacial score (nSPS) is 11.6. The van der Waals surface area contributed by atoms with Crippen LogP contribution in [0.1, 0.15) is 36.8 Å². The van der Waals surface area contributed by atoms with Crippen molar-refractivity contribution in [1.29, 1.82) is 0 Å². The Morgan fingerprint density at radius 1 is 1.44 bits per heavy atom. The van der Waals surface area contributed by atoms with Gasteiger partial charge in [0.15, 0.2) is 0 Å². The molecule has 0 aliphatic carbocycles. The topological polar surface area (TPSA) is 43.3 Å². The highest BCUT2D eigenvalue weighted by Gasteiger charge is 2.12. The van der Waals surface area contributed by atoms with Crippen molar-refractivity contribution in [2.75, 3.05) is 6.54 Å². The second kappa shape index (κ2) is 4.26. The molecule has 0 amide bonds. The molecule has 2 aromatic heterocycles. The molecule has 0 spiro atoms. The number of aromatic nitrogens is 2. The Hall–Kier alpha value is -1.35. The van der Waals surface area contributed by atoms with Gasteiger partial charge in [0, 0.05) is 18.5 Å². The van der Waals surface area contributed by atoms with E-state index in [4.69, 9.17) is 10.7 Å². The van der Waals surface area contributed by atoms with Gasteiger partial charge in [-0.3, -0.25) is 0 Å². The first kappa shape index (κ1) is 11.1. The summed E-state index contributed by atoms with van der Waals surface area (Å²) >= 11 is 0. The highest BCUT2D eigenvalue weighted by Crippen LogP contribution is 2.20. The minimum atomic E-state index is 0.432. The van der Waals surface area contributed by atoms with Gasteiger partial charge in [0.1, 0.15) is 5.82 Å². The zero-order valence-corrected chi connectivity index (χ0v) is 10.2. The minimum Gasteiger partial charge on any atom is -0.330 e. The van der Waals surface area contributed by atoms with Gasteiger partial charge in [-0.25, -0.2) is 4.98 Å². The van der Waals surface area contributed by atoms with E-state index < -0.39 is 0 Å². The highest BCUT2D eigenvalue weighted by atomic mass is 15.0. The van der Waals surface area contributed by atoms with Crippen molar-refractivity contribution in [3.05, 3.63) is 35.4 Å². The summed E-state index contributed by atoms with van der Waals surface area (Å²) in [5, 5.41) is 0. The number of pyridine rings is 1. The van der Waals surface area contributed by atoms with Crippen LogP contribution in [0.3, 0.4) is 0 Å². The molecule has 2 aromatic rings. The van der Waals surface area contributed by atoms with Gasteiger partial charge < -0.3 is 10.1 Å². The van der Waals surface area contributed by atoms with Gasteiger partial charge in [0.25, 0.3) is 0 Å². The van der Waals surface area contributed by atoms with E-state index in [9.17, 15) is 0 Å². The van der Waals surface area contributed by atoms with Crippen LogP contribution >= 0.6 is 0 Å². The Morgan fingerprint density at radius 3 is 2.81 bits per heavy atom. The lowest BCUT2D eigenvalue weighted by molar-refractivity contribution is 0.764. The molecule has 86 valence electrons. The molecule has 2 heterocycles. The van der Waals surface area contributed by atoms with Crippen molar-refractivity contribution in [2.24, 2.45) is 5.73 Å². The quantitative estimate of drug-likeness (QED) is 0.857. The third kappa shape index (κ3) is 1.83. The van der Waals surface area contributed by atoms with E-state index >= 15 is 0 Å². The lowest BCUT2D eigenvalue weighted by Gasteiger charge is -2.04. The van der Waals surface area contributed by atoms with Gasteiger partial charge in [-0.15, -0.1) is 0 Å². The van der Waals surface area contributed by atoms with Crippen LogP contribution in [0.15, 0.2) is 18.3 Å². The zero-order valence-electron chi connectivity index (χ0n) is 10.2. The van der Waals surface area contributed by atoms with E-state index in [0.717, 1.165) is 17.9 Å². The van der Waals surface area contributed by atoms with Crippen molar-refractivity contribution < 1.29 is 0 Å². The highest BCUT2D eigenvalue weighted by molar-refractivity contribution is 5.55. The van der Waals surface area contributed by atoms with E-state index in [1.807, 2.05) is 0 Å². The summed E-state index contributed by atoms with van der Waals surface area (Å²) in [7, 11) is 0. The third-order valence-electron chi connectivity index (χ3n) is 2.80. The Morgan fingerprint density at radius 2 is 2.19 bits per heavy atom. The predicted molar refractivity (Wildman–Crippen MR) is 66.8 cm³/mol.